The summed E-state index contributed by atoms with van der Waals surface area (Å²) in [6.45, 7) is 1.72. The zero-order chi connectivity index (χ0) is 16.8. The van der Waals surface area contributed by atoms with Gasteiger partial charge in [-0.15, -0.1) is 0 Å². The van der Waals surface area contributed by atoms with Crippen LogP contribution in [0.4, 0.5) is 10.1 Å². The Labute approximate surface area is 143 Å². The van der Waals surface area contributed by atoms with Crippen LogP contribution in [0.2, 0.25) is 0 Å². The highest BCUT2D eigenvalue weighted by Crippen LogP contribution is 2.29. The van der Waals surface area contributed by atoms with Gasteiger partial charge in [-0.05, 0) is 29.8 Å². The molecule has 5 rings (SSSR count). The van der Waals surface area contributed by atoms with Gasteiger partial charge in [0.25, 0.3) is 0 Å². The molecule has 4 aromatic rings. The van der Waals surface area contributed by atoms with E-state index in [1.807, 2.05) is 41.1 Å². The van der Waals surface area contributed by atoms with E-state index in [1.54, 1.807) is 18.6 Å². The molecule has 3 heterocycles. The lowest BCUT2D eigenvalue weighted by Gasteiger charge is -2.32. The summed E-state index contributed by atoms with van der Waals surface area (Å²) in [6, 6.07) is 11.6. The third-order valence-electron chi connectivity index (χ3n) is 4.63. The van der Waals surface area contributed by atoms with Crippen LogP contribution in [0.25, 0.3) is 27.8 Å². The van der Waals surface area contributed by atoms with Gasteiger partial charge in [0.2, 0.25) is 0 Å². The number of benzene rings is 2. The lowest BCUT2D eigenvalue weighted by atomic mass is 10.1. The fraction of sp³-hybridized carbons (Fsp3) is 0.105. The van der Waals surface area contributed by atoms with Gasteiger partial charge < -0.3 is 4.90 Å². The van der Waals surface area contributed by atoms with E-state index >= 15 is 0 Å². The highest BCUT2D eigenvalue weighted by Gasteiger charge is 2.18. The number of hydrogen-bond donors (Lipinski definition) is 1. The van der Waals surface area contributed by atoms with E-state index in [9.17, 15) is 4.39 Å². The summed E-state index contributed by atoms with van der Waals surface area (Å²) in [6.07, 6.45) is 7.47. The molecule has 1 aliphatic heterocycles. The molecule has 123 valence electrons. The number of nitrogens with one attached hydrogen (secondary N) is 1. The fourth-order valence-corrected chi connectivity index (χ4v) is 3.14. The topological polar surface area (TPSA) is 49.7 Å². The van der Waals surface area contributed by atoms with E-state index in [0.29, 0.717) is 5.52 Å². The van der Waals surface area contributed by atoms with Crippen LogP contribution < -0.4 is 4.90 Å². The zero-order valence-electron chi connectivity index (χ0n) is 13.4. The summed E-state index contributed by atoms with van der Waals surface area (Å²) < 4.78 is 16.3. The molecule has 0 saturated carbocycles. The smallest absolute Gasteiger partial charge is 0.153 e. The van der Waals surface area contributed by atoms with Gasteiger partial charge in [0.15, 0.2) is 5.82 Å². The Morgan fingerprint density at radius 1 is 1.00 bits per heavy atom. The molecule has 25 heavy (non-hydrogen) atoms. The molecule has 6 heteroatoms. The normalized spacial score (nSPS) is 14.0. The summed E-state index contributed by atoms with van der Waals surface area (Å²) in [7, 11) is 0. The van der Waals surface area contributed by atoms with Crippen molar-refractivity contribution in [3.05, 3.63) is 67.4 Å². The molecule has 1 fully saturated rings. The Bertz CT molecular complexity index is 1030. The summed E-state index contributed by atoms with van der Waals surface area (Å²) >= 11 is 0. The Morgan fingerprint density at radius 3 is 2.52 bits per heavy atom. The Hall–Kier alpha value is -3.15. The van der Waals surface area contributed by atoms with Gasteiger partial charge in [-0.2, -0.15) is 5.10 Å². The van der Waals surface area contributed by atoms with Crippen LogP contribution in [0.3, 0.4) is 0 Å². The maximum Gasteiger partial charge on any atom is 0.153 e. The van der Waals surface area contributed by atoms with Crippen LogP contribution in [0, 0.1) is 12.2 Å². The largest absolute Gasteiger partial charge is 0.371 e. The van der Waals surface area contributed by atoms with Gasteiger partial charge in [0, 0.05) is 42.6 Å². The predicted octanol–water partition coefficient (Wildman–Crippen LogP) is 3.58. The van der Waals surface area contributed by atoms with Crippen molar-refractivity contribution in [1.82, 2.24) is 19.7 Å². The molecule has 0 amide bonds. The number of H-pyrrole nitrogens is 1. The third-order valence-corrected chi connectivity index (χ3v) is 4.63. The first-order valence-corrected chi connectivity index (χ1v) is 8.12. The average Bonchev–Trinajstić information content (AvgIpc) is 3.23. The lowest BCUT2D eigenvalue weighted by molar-refractivity contribution is 0.635. The minimum Gasteiger partial charge on any atom is -0.371 e. The van der Waals surface area contributed by atoms with Crippen LogP contribution in [-0.2, 0) is 0 Å². The molecule has 0 atom stereocenters. The number of hydrogen-bond acceptors (Lipinski definition) is 3. The molecule has 5 nitrogen and oxygen atoms in total. The number of rotatable bonds is 3. The molecular formula is C19H15FN5. The lowest BCUT2D eigenvalue weighted by Crippen LogP contribution is -2.37. The van der Waals surface area contributed by atoms with E-state index in [4.69, 9.17) is 0 Å². The van der Waals surface area contributed by atoms with Crippen molar-refractivity contribution in [1.29, 1.82) is 0 Å². The molecule has 1 aliphatic rings. The van der Waals surface area contributed by atoms with Crippen LogP contribution in [0.1, 0.15) is 0 Å². The van der Waals surface area contributed by atoms with Crippen molar-refractivity contribution >= 4 is 16.7 Å². The van der Waals surface area contributed by atoms with E-state index in [2.05, 4.69) is 26.5 Å². The van der Waals surface area contributed by atoms with Gasteiger partial charge in [-0.1, -0.05) is 12.1 Å². The SMILES string of the molecule is Fc1cc(N2C[CH]C2)cc2c1ncn2-c1ccc(-c2cn[nH]c2)cc1. The van der Waals surface area contributed by atoms with Crippen molar-refractivity contribution in [2.45, 2.75) is 0 Å². The van der Waals surface area contributed by atoms with Crippen LogP contribution >= 0.6 is 0 Å². The number of aromatic amines is 1. The number of anilines is 1. The molecular weight excluding hydrogens is 317 g/mol. The summed E-state index contributed by atoms with van der Waals surface area (Å²) in [5.41, 5.74) is 5.12. The Kier molecular flexibility index (Phi) is 3.09. The van der Waals surface area contributed by atoms with Crippen molar-refractivity contribution in [3.63, 3.8) is 0 Å². The number of aromatic nitrogens is 4. The molecule has 2 aromatic heterocycles. The number of imidazole rings is 1. The standard InChI is InChI=1S/C19H15FN5/c20-17-8-16(24-6-1-7-24)9-18-19(17)21-12-25(18)15-4-2-13(3-5-15)14-10-22-23-11-14/h1-5,8-12H,6-7H2,(H,22,23). The maximum absolute atomic E-state index is 14.4. The molecule has 1 radical (unpaired) electrons. The monoisotopic (exact) mass is 332 g/mol. The van der Waals surface area contributed by atoms with Gasteiger partial charge in [0.05, 0.1) is 11.7 Å². The molecule has 0 aliphatic carbocycles. The first-order chi connectivity index (χ1) is 12.3. The minimum absolute atomic E-state index is 0.284. The highest BCUT2D eigenvalue weighted by molar-refractivity contribution is 5.82. The highest BCUT2D eigenvalue weighted by atomic mass is 19.1. The van der Waals surface area contributed by atoms with Crippen LogP contribution in [0.15, 0.2) is 55.1 Å². The summed E-state index contributed by atoms with van der Waals surface area (Å²) in [5.74, 6) is -0.284. The fourth-order valence-electron chi connectivity index (χ4n) is 3.14. The molecule has 0 bridgehead atoms. The third kappa shape index (κ3) is 2.29. The van der Waals surface area contributed by atoms with E-state index in [1.165, 1.54) is 0 Å². The number of fused-ring (bicyclic) bond motifs is 1. The van der Waals surface area contributed by atoms with Crippen molar-refractivity contribution < 1.29 is 4.39 Å². The minimum atomic E-state index is -0.284. The second kappa shape index (κ2) is 5.44. The van der Waals surface area contributed by atoms with Crippen LogP contribution in [-0.4, -0.2) is 32.8 Å². The Morgan fingerprint density at radius 2 is 1.84 bits per heavy atom. The second-order valence-corrected chi connectivity index (χ2v) is 6.14. The maximum atomic E-state index is 14.4. The summed E-state index contributed by atoms with van der Waals surface area (Å²) in [4.78, 5) is 6.38. The van der Waals surface area contributed by atoms with Crippen molar-refractivity contribution in [2.24, 2.45) is 0 Å². The first-order valence-electron chi connectivity index (χ1n) is 8.12. The second-order valence-electron chi connectivity index (χ2n) is 6.14. The van der Waals surface area contributed by atoms with Crippen molar-refractivity contribution in [2.75, 3.05) is 18.0 Å². The Balaban J connectivity index is 1.59. The average molecular weight is 332 g/mol. The van der Waals surface area contributed by atoms with Crippen molar-refractivity contribution in [3.8, 4) is 16.8 Å². The number of halogens is 1. The molecule has 2 aromatic carbocycles. The van der Waals surface area contributed by atoms with Gasteiger partial charge >= 0.3 is 0 Å². The first kappa shape index (κ1) is 14.2. The van der Waals surface area contributed by atoms with Crippen LogP contribution in [0.5, 0.6) is 0 Å². The number of nitrogens with zero attached hydrogens (tertiary/aromatic N) is 4. The molecule has 1 N–H and O–H groups in total. The van der Waals surface area contributed by atoms with E-state index < -0.39 is 0 Å². The molecule has 0 spiro atoms. The van der Waals surface area contributed by atoms with E-state index in [0.717, 1.165) is 41.1 Å². The quantitative estimate of drug-likeness (QED) is 0.624. The van der Waals surface area contributed by atoms with Gasteiger partial charge in [-0.25, -0.2) is 9.37 Å². The molecule has 0 unspecified atom stereocenters. The van der Waals surface area contributed by atoms with Gasteiger partial charge in [0.1, 0.15) is 11.8 Å². The molecule has 1 saturated heterocycles. The predicted molar refractivity (Wildman–Crippen MR) is 95.1 cm³/mol. The van der Waals surface area contributed by atoms with E-state index in [-0.39, 0.29) is 5.82 Å². The van der Waals surface area contributed by atoms with Gasteiger partial charge in [-0.3, -0.25) is 9.67 Å². The summed E-state index contributed by atoms with van der Waals surface area (Å²) in [5, 5.41) is 6.79. The zero-order valence-corrected chi connectivity index (χ0v) is 13.4.